The fourth-order valence-corrected chi connectivity index (χ4v) is 3.19. The van der Waals surface area contributed by atoms with Crippen LogP contribution < -0.4 is 5.32 Å². The molecule has 1 fully saturated rings. The summed E-state index contributed by atoms with van der Waals surface area (Å²) in [5.41, 5.74) is 2.14. The molecule has 1 aromatic carbocycles. The summed E-state index contributed by atoms with van der Waals surface area (Å²) in [5, 5.41) is 3.06. The molecule has 1 aromatic heterocycles. The van der Waals surface area contributed by atoms with Crippen molar-refractivity contribution in [1.29, 1.82) is 0 Å². The van der Waals surface area contributed by atoms with Gasteiger partial charge in [0.1, 0.15) is 5.82 Å². The van der Waals surface area contributed by atoms with Gasteiger partial charge in [0.05, 0.1) is 6.04 Å². The number of hydrogen-bond donors (Lipinski definition) is 1. The molecule has 1 N–H and O–H groups in total. The zero-order chi connectivity index (χ0) is 18.4. The van der Waals surface area contributed by atoms with Gasteiger partial charge in [-0.15, -0.1) is 0 Å². The largest absolute Gasteiger partial charge is 0.331 e. The van der Waals surface area contributed by atoms with Crippen LogP contribution >= 0.6 is 0 Å². The number of urea groups is 1. The minimum absolute atomic E-state index is 0.0297. The van der Waals surface area contributed by atoms with Crippen LogP contribution in [0.1, 0.15) is 30.5 Å². The molecule has 2 aromatic rings. The first-order valence-corrected chi connectivity index (χ1v) is 9.04. The number of benzene rings is 1. The first-order valence-electron chi connectivity index (χ1n) is 9.04. The third kappa shape index (κ3) is 5.02. The average molecular weight is 356 g/mol. The summed E-state index contributed by atoms with van der Waals surface area (Å²) in [5.74, 6) is -0.212. The molecule has 2 amide bonds. The number of rotatable bonds is 4. The topological polar surface area (TPSA) is 48.5 Å². The van der Waals surface area contributed by atoms with Crippen LogP contribution in [0.5, 0.6) is 0 Å². The lowest BCUT2D eigenvalue weighted by Gasteiger charge is -2.24. The van der Waals surface area contributed by atoms with E-state index in [1.165, 1.54) is 12.1 Å². The molecule has 1 aliphatic heterocycles. The normalized spacial score (nSPS) is 16.8. The Bertz CT molecular complexity index is 708. The van der Waals surface area contributed by atoms with E-state index in [2.05, 4.69) is 15.2 Å². The molecule has 0 bridgehead atoms. The Kier molecular flexibility index (Phi) is 6.17. The lowest BCUT2D eigenvalue weighted by molar-refractivity contribution is 0.194. The van der Waals surface area contributed by atoms with Gasteiger partial charge < -0.3 is 10.2 Å². The first-order chi connectivity index (χ1) is 12.6. The highest BCUT2D eigenvalue weighted by Crippen LogP contribution is 2.13. The van der Waals surface area contributed by atoms with Crippen molar-refractivity contribution in [3.63, 3.8) is 0 Å². The quantitative estimate of drug-likeness (QED) is 0.915. The van der Waals surface area contributed by atoms with Crippen LogP contribution in [0.25, 0.3) is 0 Å². The number of pyridine rings is 1. The number of nitrogens with zero attached hydrogens (tertiary/aromatic N) is 3. The number of aromatic nitrogens is 1. The van der Waals surface area contributed by atoms with Gasteiger partial charge in [-0.05, 0) is 48.7 Å². The molecule has 26 heavy (non-hydrogen) atoms. The van der Waals surface area contributed by atoms with Crippen molar-refractivity contribution in [3.05, 3.63) is 65.7 Å². The SMILES string of the molecule is CC(NC(=O)N1CCCN(Cc2ccc(F)cc2)CC1)c1ccncc1. The fraction of sp³-hybridized carbons (Fsp3) is 0.400. The molecule has 0 saturated carbocycles. The summed E-state index contributed by atoms with van der Waals surface area (Å²) in [6.45, 7) is 5.94. The standard InChI is InChI=1S/C20H25FN4O/c1-16(18-7-9-22-10-8-18)23-20(26)25-12-2-11-24(13-14-25)15-17-3-5-19(21)6-4-17/h3-10,16H,2,11-15H2,1H3,(H,23,26). The van der Waals surface area contributed by atoms with Crippen LogP contribution in [0.3, 0.4) is 0 Å². The Morgan fingerprint density at radius 1 is 1.12 bits per heavy atom. The van der Waals surface area contributed by atoms with E-state index >= 15 is 0 Å². The van der Waals surface area contributed by atoms with Gasteiger partial charge in [-0.3, -0.25) is 9.88 Å². The summed E-state index contributed by atoms with van der Waals surface area (Å²) < 4.78 is 13.0. The average Bonchev–Trinajstić information content (AvgIpc) is 2.90. The van der Waals surface area contributed by atoms with Gasteiger partial charge in [0.25, 0.3) is 0 Å². The monoisotopic (exact) mass is 356 g/mol. The summed E-state index contributed by atoms with van der Waals surface area (Å²) in [6.07, 6.45) is 4.40. The Hall–Kier alpha value is -2.47. The number of amides is 2. The Morgan fingerprint density at radius 3 is 2.58 bits per heavy atom. The number of halogens is 1. The van der Waals surface area contributed by atoms with E-state index < -0.39 is 0 Å². The van der Waals surface area contributed by atoms with Crippen LogP contribution in [0, 0.1) is 5.82 Å². The predicted octanol–water partition coefficient (Wildman–Crippen LogP) is 3.20. The lowest BCUT2D eigenvalue weighted by Crippen LogP contribution is -2.42. The van der Waals surface area contributed by atoms with Crippen molar-refractivity contribution in [2.45, 2.75) is 25.9 Å². The first kappa shape index (κ1) is 18.3. The van der Waals surface area contributed by atoms with Crippen molar-refractivity contribution < 1.29 is 9.18 Å². The number of carbonyl (C=O) groups is 1. The van der Waals surface area contributed by atoms with E-state index in [0.717, 1.165) is 43.7 Å². The van der Waals surface area contributed by atoms with Crippen LogP contribution in [-0.2, 0) is 6.54 Å². The molecule has 0 radical (unpaired) electrons. The van der Waals surface area contributed by atoms with Gasteiger partial charge >= 0.3 is 6.03 Å². The van der Waals surface area contributed by atoms with Crippen LogP contribution in [0.4, 0.5) is 9.18 Å². The molecular formula is C20H25FN4O. The second-order valence-corrected chi connectivity index (χ2v) is 6.69. The molecule has 0 spiro atoms. The van der Waals surface area contributed by atoms with E-state index in [1.807, 2.05) is 36.1 Å². The van der Waals surface area contributed by atoms with Gasteiger partial charge in [-0.2, -0.15) is 0 Å². The summed E-state index contributed by atoms with van der Waals surface area (Å²) >= 11 is 0. The highest BCUT2D eigenvalue weighted by molar-refractivity contribution is 5.74. The van der Waals surface area contributed by atoms with Crippen molar-refractivity contribution in [1.82, 2.24) is 20.1 Å². The molecule has 138 valence electrons. The maximum atomic E-state index is 13.0. The van der Waals surface area contributed by atoms with Crippen LogP contribution in [0.15, 0.2) is 48.8 Å². The summed E-state index contributed by atoms with van der Waals surface area (Å²) in [7, 11) is 0. The second kappa shape index (κ2) is 8.76. The van der Waals surface area contributed by atoms with Crippen molar-refractivity contribution >= 4 is 6.03 Å². The minimum atomic E-state index is -0.212. The molecule has 3 rings (SSSR count). The number of nitrogens with one attached hydrogen (secondary N) is 1. The molecule has 1 saturated heterocycles. The Balaban J connectivity index is 1.51. The molecule has 1 atom stereocenters. The molecule has 0 aliphatic carbocycles. The molecule has 5 nitrogen and oxygen atoms in total. The molecule has 1 unspecified atom stereocenters. The van der Waals surface area contributed by atoms with Crippen molar-refractivity contribution in [3.8, 4) is 0 Å². The van der Waals surface area contributed by atoms with E-state index in [-0.39, 0.29) is 17.9 Å². The summed E-state index contributed by atoms with van der Waals surface area (Å²) in [6, 6.07) is 10.4. The predicted molar refractivity (Wildman–Crippen MR) is 99.1 cm³/mol. The van der Waals surface area contributed by atoms with Gasteiger partial charge in [0, 0.05) is 45.1 Å². The zero-order valence-corrected chi connectivity index (χ0v) is 15.1. The fourth-order valence-electron chi connectivity index (χ4n) is 3.19. The Morgan fingerprint density at radius 2 is 1.85 bits per heavy atom. The van der Waals surface area contributed by atoms with E-state index in [0.29, 0.717) is 6.54 Å². The van der Waals surface area contributed by atoms with Gasteiger partial charge in [-0.25, -0.2) is 9.18 Å². The molecule has 6 heteroatoms. The van der Waals surface area contributed by atoms with Crippen LogP contribution in [0.2, 0.25) is 0 Å². The number of carbonyl (C=O) groups excluding carboxylic acids is 1. The van der Waals surface area contributed by atoms with E-state index in [9.17, 15) is 9.18 Å². The molecule has 1 aliphatic rings. The third-order valence-corrected chi connectivity index (χ3v) is 4.74. The summed E-state index contributed by atoms with van der Waals surface area (Å²) in [4.78, 5) is 20.8. The Labute approximate surface area is 153 Å². The maximum absolute atomic E-state index is 13.0. The van der Waals surface area contributed by atoms with Gasteiger partial charge in [-0.1, -0.05) is 12.1 Å². The van der Waals surface area contributed by atoms with Crippen LogP contribution in [-0.4, -0.2) is 47.0 Å². The highest BCUT2D eigenvalue weighted by Gasteiger charge is 2.20. The van der Waals surface area contributed by atoms with E-state index in [1.54, 1.807) is 12.4 Å². The van der Waals surface area contributed by atoms with E-state index in [4.69, 9.17) is 0 Å². The van der Waals surface area contributed by atoms with Gasteiger partial charge in [0.15, 0.2) is 0 Å². The molecular weight excluding hydrogens is 331 g/mol. The number of hydrogen-bond acceptors (Lipinski definition) is 3. The van der Waals surface area contributed by atoms with Crippen molar-refractivity contribution in [2.75, 3.05) is 26.2 Å². The van der Waals surface area contributed by atoms with Gasteiger partial charge in [0.2, 0.25) is 0 Å². The third-order valence-electron chi connectivity index (χ3n) is 4.74. The molecule has 2 heterocycles. The lowest BCUT2D eigenvalue weighted by atomic mass is 10.1. The zero-order valence-electron chi connectivity index (χ0n) is 15.1. The van der Waals surface area contributed by atoms with Crippen molar-refractivity contribution in [2.24, 2.45) is 0 Å². The second-order valence-electron chi connectivity index (χ2n) is 6.69. The maximum Gasteiger partial charge on any atom is 0.317 e. The highest BCUT2D eigenvalue weighted by atomic mass is 19.1. The smallest absolute Gasteiger partial charge is 0.317 e. The minimum Gasteiger partial charge on any atom is -0.331 e.